The van der Waals surface area contributed by atoms with Crippen molar-refractivity contribution >= 4 is 11.4 Å². The van der Waals surface area contributed by atoms with Crippen molar-refractivity contribution in [2.75, 3.05) is 24.3 Å². The smallest absolute Gasteiger partial charge is 0.0362 e. The van der Waals surface area contributed by atoms with Gasteiger partial charge in [-0.15, -0.1) is 0 Å². The van der Waals surface area contributed by atoms with Crippen LogP contribution in [0.15, 0.2) is 24.3 Å². The number of nitrogens with one attached hydrogen (secondary N) is 1. The summed E-state index contributed by atoms with van der Waals surface area (Å²) in [6, 6.07) is 9.28. The molecule has 0 radical (unpaired) electrons. The van der Waals surface area contributed by atoms with Gasteiger partial charge in [0, 0.05) is 31.5 Å². The molecule has 1 N–H and O–H groups in total. The highest BCUT2D eigenvalue weighted by Gasteiger charge is 2.05. The van der Waals surface area contributed by atoms with Gasteiger partial charge in [-0.05, 0) is 37.1 Å². The average Bonchev–Trinajstić information content (AvgIpc) is 2.35. The second-order valence-corrected chi connectivity index (χ2v) is 4.83. The molecule has 0 aliphatic rings. The summed E-state index contributed by atoms with van der Waals surface area (Å²) in [6.07, 6.45) is 5.04. The van der Waals surface area contributed by atoms with Crippen molar-refractivity contribution in [3.8, 4) is 0 Å². The summed E-state index contributed by atoms with van der Waals surface area (Å²) < 4.78 is 0. The quantitative estimate of drug-likeness (QED) is 0.763. The van der Waals surface area contributed by atoms with E-state index < -0.39 is 0 Å². The number of unbranched alkanes of at least 4 members (excludes halogenated alkanes) is 1. The Balaban J connectivity index is 2.54. The third-order valence-electron chi connectivity index (χ3n) is 3.15. The molecule has 0 aliphatic heterocycles. The molecule has 0 saturated carbocycles. The van der Waals surface area contributed by atoms with Gasteiger partial charge >= 0.3 is 0 Å². The molecular formula is C15H26N2. The van der Waals surface area contributed by atoms with Crippen molar-refractivity contribution < 1.29 is 0 Å². The van der Waals surface area contributed by atoms with Gasteiger partial charge in [0.2, 0.25) is 0 Å². The molecule has 1 aromatic carbocycles. The first-order valence-electron chi connectivity index (χ1n) is 6.71. The Hall–Kier alpha value is -1.18. The molecular weight excluding hydrogens is 208 g/mol. The maximum absolute atomic E-state index is 3.61. The van der Waals surface area contributed by atoms with E-state index >= 15 is 0 Å². The predicted molar refractivity (Wildman–Crippen MR) is 78.0 cm³/mol. The normalized spacial score (nSPS) is 12.2. The third-order valence-corrected chi connectivity index (χ3v) is 3.15. The van der Waals surface area contributed by atoms with Crippen LogP contribution in [0.1, 0.15) is 39.5 Å². The van der Waals surface area contributed by atoms with E-state index in [4.69, 9.17) is 0 Å². The molecule has 1 atom stereocenters. The van der Waals surface area contributed by atoms with Gasteiger partial charge in [0.05, 0.1) is 0 Å². The van der Waals surface area contributed by atoms with Gasteiger partial charge in [-0.2, -0.15) is 0 Å². The fourth-order valence-electron chi connectivity index (χ4n) is 1.92. The first-order chi connectivity index (χ1) is 8.17. The van der Waals surface area contributed by atoms with Crippen LogP contribution in [-0.2, 0) is 0 Å². The first kappa shape index (κ1) is 13.9. The van der Waals surface area contributed by atoms with Crippen LogP contribution in [0.4, 0.5) is 11.4 Å². The van der Waals surface area contributed by atoms with Gasteiger partial charge in [-0.25, -0.2) is 0 Å². The van der Waals surface area contributed by atoms with E-state index in [1.54, 1.807) is 0 Å². The number of hydrogen-bond acceptors (Lipinski definition) is 2. The highest BCUT2D eigenvalue weighted by atomic mass is 15.1. The highest BCUT2D eigenvalue weighted by Crippen LogP contribution is 2.18. The Bertz CT molecular complexity index is 303. The molecule has 17 heavy (non-hydrogen) atoms. The van der Waals surface area contributed by atoms with Crippen LogP contribution in [0.5, 0.6) is 0 Å². The Morgan fingerprint density at radius 2 is 1.76 bits per heavy atom. The molecule has 0 spiro atoms. The number of benzene rings is 1. The number of anilines is 2. The molecule has 0 aromatic heterocycles. The zero-order valence-electron chi connectivity index (χ0n) is 11.7. The van der Waals surface area contributed by atoms with E-state index in [-0.39, 0.29) is 0 Å². The van der Waals surface area contributed by atoms with Gasteiger partial charge in [0.15, 0.2) is 0 Å². The van der Waals surface area contributed by atoms with Gasteiger partial charge < -0.3 is 10.2 Å². The second kappa shape index (κ2) is 7.21. The number of nitrogens with zero attached hydrogens (tertiary/aromatic N) is 1. The molecule has 0 aliphatic carbocycles. The van der Waals surface area contributed by atoms with Crippen LogP contribution in [0, 0.1) is 0 Å². The van der Waals surface area contributed by atoms with Gasteiger partial charge in [-0.1, -0.05) is 26.7 Å². The fourth-order valence-corrected chi connectivity index (χ4v) is 1.92. The van der Waals surface area contributed by atoms with Crippen molar-refractivity contribution in [2.45, 2.75) is 45.6 Å². The average molecular weight is 234 g/mol. The monoisotopic (exact) mass is 234 g/mol. The Morgan fingerprint density at radius 1 is 1.12 bits per heavy atom. The molecule has 1 rings (SSSR count). The van der Waals surface area contributed by atoms with E-state index in [1.165, 1.54) is 37.1 Å². The lowest BCUT2D eigenvalue weighted by Gasteiger charge is -2.19. The summed E-state index contributed by atoms with van der Waals surface area (Å²) in [5.74, 6) is 0. The fraction of sp³-hybridized carbons (Fsp3) is 0.600. The minimum atomic E-state index is 0.611. The van der Waals surface area contributed by atoms with Gasteiger partial charge in [-0.3, -0.25) is 0 Å². The van der Waals surface area contributed by atoms with Crippen LogP contribution in [0.3, 0.4) is 0 Å². The Labute approximate surface area is 106 Å². The maximum atomic E-state index is 3.61. The van der Waals surface area contributed by atoms with Crippen LogP contribution < -0.4 is 10.2 Å². The molecule has 0 bridgehead atoms. The SMILES string of the molecule is CCCCC(CC)Nc1ccc(N(C)C)cc1. The first-order valence-corrected chi connectivity index (χ1v) is 6.71. The molecule has 1 aromatic rings. The third kappa shape index (κ3) is 4.68. The van der Waals surface area contributed by atoms with Crippen LogP contribution in [0.25, 0.3) is 0 Å². The van der Waals surface area contributed by atoms with Crippen LogP contribution in [0.2, 0.25) is 0 Å². The topological polar surface area (TPSA) is 15.3 Å². The molecule has 0 saturated heterocycles. The van der Waals surface area contributed by atoms with Crippen molar-refractivity contribution in [2.24, 2.45) is 0 Å². The standard InChI is InChI=1S/C15H26N2/c1-5-7-8-13(6-2)16-14-9-11-15(12-10-14)17(3)4/h9-13,16H,5-8H2,1-4H3. The Morgan fingerprint density at radius 3 is 2.24 bits per heavy atom. The summed E-state index contributed by atoms with van der Waals surface area (Å²) >= 11 is 0. The lowest BCUT2D eigenvalue weighted by Crippen LogP contribution is -2.18. The zero-order valence-corrected chi connectivity index (χ0v) is 11.7. The molecule has 0 heterocycles. The van der Waals surface area contributed by atoms with Crippen LogP contribution in [-0.4, -0.2) is 20.1 Å². The van der Waals surface area contributed by atoms with Crippen molar-refractivity contribution in [3.05, 3.63) is 24.3 Å². The molecule has 2 heteroatoms. The van der Waals surface area contributed by atoms with Gasteiger partial charge in [0.25, 0.3) is 0 Å². The second-order valence-electron chi connectivity index (χ2n) is 4.83. The van der Waals surface area contributed by atoms with Crippen molar-refractivity contribution in [3.63, 3.8) is 0 Å². The predicted octanol–water partition coefficient (Wildman–Crippen LogP) is 4.13. The Kier molecular flexibility index (Phi) is 5.88. The summed E-state index contributed by atoms with van der Waals surface area (Å²) in [4.78, 5) is 2.12. The number of hydrogen-bond donors (Lipinski definition) is 1. The largest absolute Gasteiger partial charge is 0.382 e. The zero-order chi connectivity index (χ0) is 12.7. The lowest BCUT2D eigenvalue weighted by atomic mass is 10.1. The van der Waals surface area contributed by atoms with E-state index in [0.29, 0.717) is 6.04 Å². The van der Waals surface area contributed by atoms with Gasteiger partial charge in [0.1, 0.15) is 0 Å². The molecule has 2 nitrogen and oxygen atoms in total. The molecule has 96 valence electrons. The summed E-state index contributed by atoms with van der Waals surface area (Å²) in [6.45, 7) is 4.50. The van der Waals surface area contributed by atoms with Crippen LogP contribution >= 0.6 is 0 Å². The van der Waals surface area contributed by atoms with E-state index in [9.17, 15) is 0 Å². The lowest BCUT2D eigenvalue weighted by molar-refractivity contribution is 0.593. The molecule has 0 fully saturated rings. The van der Waals surface area contributed by atoms with Crippen molar-refractivity contribution in [1.29, 1.82) is 0 Å². The minimum absolute atomic E-state index is 0.611. The summed E-state index contributed by atoms with van der Waals surface area (Å²) in [7, 11) is 4.14. The minimum Gasteiger partial charge on any atom is -0.382 e. The van der Waals surface area contributed by atoms with E-state index in [0.717, 1.165) is 0 Å². The van der Waals surface area contributed by atoms with E-state index in [2.05, 4.69) is 62.4 Å². The van der Waals surface area contributed by atoms with E-state index in [1.807, 2.05) is 0 Å². The highest BCUT2D eigenvalue weighted by molar-refractivity contribution is 5.54. The summed E-state index contributed by atoms with van der Waals surface area (Å²) in [5, 5.41) is 3.61. The maximum Gasteiger partial charge on any atom is 0.0362 e. The molecule has 1 unspecified atom stereocenters. The molecule has 0 amide bonds. The summed E-state index contributed by atoms with van der Waals surface area (Å²) in [5.41, 5.74) is 2.48. The van der Waals surface area contributed by atoms with Crippen molar-refractivity contribution in [1.82, 2.24) is 0 Å². The number of rotatable bonds is 7.